The predicted octanol–water partition coefficient (Wildman–Crippen LogP) is 2.61. The van der Waals surface area contributed by atoms with E-state index in [-0.39, 0.29) is 28.7 Å². The van der Waals surface area contributed by atoms with E-state index in [9.17, 15) is 13.2 Å². The van der Waals surface area contributed by atoms with Crippen molar-refractivity contribution in [2.75, 3.05) is 23.5 Å². The van der Waals surface area contributed by atoms with Gasteiger partial charge in [-0.3, -0.25) is 4.79 Å². The summed E-state index contributed by atoms with van der Waals surface area (Å²) in [5.74, 6) is 0.400. The number of anilines is 1. The third kappa shape index (κ3) is 3.46. The van der Waals surface area contributed by atoms with Crippen molar-refractivity contribution in [3.05, 3.63) is 60.2 Å². The standard InChI is InChI=1S/C19H18N2O4S2/c1-25-16-10-6-5-9-14(16)21-15-11-27(23,24)12-17(15)26-19(21)20-18(22)13-7-3-2-4-8-13/h2-10,15,17H,11-12H2,1H3. The summed E-state index contributed by atoms with van der Waals surface area (Å²) in [5.41, 5.74) is 1.21. The number of thioether (sulfide) groups is 1. The van der Waals surface area contributed by atoms with Gasteiger partial charge in [-0.25, -0.2) is 8.42 Å². The predicted molar refractivity (Wildman–Crippen MR) is 108 cm³/mol. The van der Waals surface area contributed by atoms with E-state index < -0.39 is 9.84 Å². The maximum Gasteiger partial charge on any atom is 0.279 e. The second-order valence-electron chi connectivity index (χ2n) is 6.41. The van der Waals surface area contributed by atoms with Gasteiger partial charge in [-0.15, -0.1) is 0 Å². The Bertz CT molecular complexity index is 1010. The average Bonchev–Trinajstić information content (AvgIpc) is 3.13. The summed E-state index contributed by atoms with van der Waals surface area (Å²) in [6.07, 6.45) is 0. The van der Waals surface area contributed by atoms with Gasteiger partial charge in [-0.05, 0) is 24.3 Å². The van der Waals surface area contributed by atoms with Crippen LogP contribution in [0.15, 0.2) is 59.6 Å². The second kappa shape index (κ2) is 7.01. The summed E-state index contributed by atoms with van der Waals surface area (Å²) in [6, 6.07) is 15.9. The summed E-state index contributed by atoms with van der Waals surface area (Å²) in [5, 5.41) is 0.362. The molecule has 0 aliphatic carbocycles. The summed E-state index contributed by atoms with van der Waals surface area (Å²) < 4.78 is 29.8. The van der Waals surface area contributed by atoms with Crippen molar-refractivity contribution in [2.24, 2.45) is 4.99 Å². The fraction of sp³-hybridized carbons (Fsp3) is 0.263. The monoisotopic (exact) mass is 402 g/mol. The first kappa shape index (κ1) is 18.1. The van der Waals surface area contributed by atoms with Crippen LogP contribution in [0.2, 0.25) is 0 Å². The Hall–Kier alpha value is -2.32. The maximum atomic E-state index is 12.6. The van der Waals surface area contributed by atoms with Gasteiger partial charge in [-0.1, -0.05) is 42.1 Å². The van der Waals surface area contributed by atoms with Crippen LogP contribution in [0.1, 0.15) is 10.4 Å². The Morgan fingerprint density at radius 1 is 1.11 bits per heavy atom. The van der Waals surface area contributed by atoms with E-state index in [0.717, 1.165) is 5.69 Å². The van der Waals surface area contributed by atoms with Crippen LogP contribution in [0.5, 0.6) is 5.75 Å². The van der Waals surface area contributed by atoms with Gasteiger partial charge in [0.05, 0.1) is 30.3 Å². The fourth-order valence-corrected chi connectivity index (χ4v) is 7.31. The van der Waals surface area contributed by atoms with Crippen LogP contribution in [0.3, 0.4) is 0 Å². The zero-order valence-electron chi connectivity index (χ0n) is 14.6. The first-order valence-corrected chi connectivity index (χ1v) is 11.2. The van der Waals surface area contributed by atoms with E-state index in [1.165, 1.54) is 11.8 Å². The molecule has 2 fully saturated rings. The molecular formula is C19H18N2O4S2. The molecule has 140 valence electrons. The van der Waals surface area contributed by atoms with Crippen LogP contribution in [-0.4, -0.2) is 49.4 Å². The molecule has 0 bridgehead atoms. The van der Waals surface area contributed by atoms with Crippen molar-refractivity contribution < 1.29 is 17.9 Å². The highest BCUT2D eigenvalue weighted by Crippen LogP contribution is 2.43. The number of carbonyl (C=O) groups excluding carboxylic acids is 1. The first-order valence-electron chi connectivity index (χ1n) is 8.46. The lowest BCUT2D eigenvalue weighted by molar-refractivity contribution is 0.100. The summed E-state index contributed by atoms with van der Waals surface area (Å²) in [7, 11) is -1.55. The molecule has 8 heteroatoms. The van der Waals surface area contributed by atoms with Gasteiger partial charge in [0, 0.05) is 10.8 Å². The summed E-state index contributed by atoms with van der Waals surface area (Å²) in [4.78, 5) is 18.8. The number of para-hydroxylation sites is 2. The van der Waals surface area contributed by atoms with Crippen LogP contribution in [0, 0.1) is 0 Å². The number of nitrogens with zero attached hydrogens (tertiary/aromatic N) is 2. The van der Waals surface area contributed by atoms with E-state index in [2.05, 4.69) is 4.99 Å². The molecule has 1 amide bonds. The molecule has 27 heavy (non-hydrogen) atoms. The number of fused-ring (bicyclic) bond motifs is 1. The van der Waals surface area contributed by atoms with Crippen LogP contribution in [0.25, 0.3) is 0 Å². The van der Waals surface area contributed by atoms with Gasteiger partial charge in [0.1, 0.15) is 5.75 Å². The molecule has 0 N–H and O–H groups in total. The molecule has 2 atom stereocenters. The van der Waals surface area contributed by atoms with Crippen LogP contribution < -0.4 is 9.64 Å². The summed E-state index contributed by atoms with van der Waals surface area (Å²) in [6.45, 7) is 0. The lowest BCUT2D eigenvalue weighted by Gasteiger charge is -2.26. The number of sulfone groups is 1. The van der Waals surface area contributed by atoms with Crippen molar-refractivity contribution >= 4 is 38.4 Å². The molecule has 2 aliphatic heterocycles. The molecule has 2 aromatic carbocycles. The Morgan fingerprint density at radius 2 is 1.81 bits per heavy atom. The molecule has 0 saturated carbocycles. The van der Waals surface area contributed by atoms with E-state index in [0.29, 0.717) is 16.5 Å². The lowest BCUT2D eigenvalue weighted by atomic mass is 10.2. The molecule has 2 aromatic rings. The maximum absolute atomic E-state index is 12.6. The van der Waals surface area contributed by atoms with Crippen molar-refractivity contribution in [3.8, 4) is 5.75 Å². The third-order valence-corrected chi connectivity index (χ3v) is 7.84. The Labute approximate surface area is 162 Å². The van der Waals surface area contributed by atoms with Crippen molar-refractivity contribution in [2.45, 2.75) is 11.3 Å². The number of rotatable bonds is 3. The van der Waals surface area contributed by atoms with Crippen LogP contribution >= 0.6 is 11.8 Å². The van der Waals surface area contributed by atoms with Gasteiger partial charge in [0.15, 0.2) is 15.0 Å². The van der Waals surface area contributed by atoms with E-state index >= 15 is 0 Å². The van der Waals surface area contributed by atoms with Crippen molar-refractivity contribution in [1.29, 1.82) is 0 Å². The number of benzene rings is 2. The van der Waals surface area contributed by atoms with Crippen molar-refractivity contribution in [3.63, 3.8) is 0 Å². The van der Waals surface area contributed by atoms with E-state index in [1.807, 2.05) is 35.2 Å². The molecule has 2 aliphatic rings. The third-order valence-electron chi connectivity index (χ3n) is 4.63. The molecule has 0 spiro atoms. The largest absolute Gasteiger partial charge is 0.495 e. The Balaban J connectivity index is 1.77. The quantitative estimate of drug-likeness (QED) is 0.786. The van der Waals surface area contributed by atoms with Gasteiger partial charge in [0.25, 0.3) is 5.91 Å². The summed E-state index contributed by atoms with van der Waals surface area (Å²) >= 11 is 1.35. The number of amides is 1. The van der Waals surface area contributed by atoms with Crippen molar-refractivity contribution in [1.82, 2.24) is 0 Å². The topological polar surface area (TPSA) is 76.0 Å². The number of aliphatic imine (C=N–C) groups is 1. The number of hydrogen-bond acceptors (Lipinski definition) is 5. The highest BCUT2D eigenvalue weighted by molar-refractivity contribution is 8.16. The molecule has 6 nitrogen and oxygen atoms in total. The number of ether oxygens (including phenoxy) is 1. The minimum absolute atomic E-state index is 0.0429. The second-order valence-corrected chi connectivity index (χ2v) is 9.77. The normalized spacial score (nSPS) is 24.8. The highest BCUT2D eigenvalue weighted by atomic mass is 32.2. The Kier molecular flexibility index (Phi) is 4.69. The van der Waals surface area contributed by atoms with Crippen LogP contribution in [0.4, 0.5) is 5.69 Å². The molecular weight excluding hydrogens is 384 g/mol. The minimum Gasteiger partial charge on any atom is -0.495 e. The van der Waals surface area contributed by atoms with Gasteiger partial charge < -0.3 is 9.64 Å². The molecule has 0 radical (unpaired) electrons. The lowest BCUT2D eigenvalue weighted by Crippen LogP contribution is -2.38. The highest BCUT2D eigenvalue weighted by Gasteiger charge is 2.50. The van der Waals surface area contributed by atoms with E-state index in [4.69, 9.17) is 4.74 Å². The zero-order chi connectivity index (χ0) is 19.0. The van der Waals surface area contributed by atoms with E-state index in [1.54, 1.807) is 31.4 Å². The smallest absolute Gasteiger partial charge is 0.279 e. The number of methoxy groups -OCH3 is 1. The Morgan fingerprint density at radius 3 is 2.56 bits per heavy atom. The van der Waals surface area contributed by atoms with Gasteiger partial charge in [0.2, 0.25) is 0 Å². The SMILES string of the molecule is COc1ccccc1N1C(=NC(=O)c2ccccc2)SC2CS(=O)(=O)CC21. The fourth-order valence-electron chi connectivity index (χ4n) is 3.41. The van der Waals surface area contributed by atoms with Crippen LogP contribution in [-0.2, 0) is 9.84 Å². The number of carbonyl (C=O) groups is 1. The molecule has 2 heterocycles. The zero-order valence-corrected chi connectivity index (χ0v) is 16.2. The number of hydrogen-bond donors (Lipinski definition) is 0. The molecule has 4 rings (SSSR count). The average molecular weight is 402 g/mol. The number of amidine groups is 1. The minimum atomic E-state index is -3.11. The van der Waals surface area contributed by atoms with Gasteiger partial charge in [-0.2, -0.15) is 4.99 Å². The molecule has 2 unspecified atom stereocenters. The molecule has 2 saturated heterocycles. The molecule has 0 aromatic heterocycles. The first-order chi connectivity index (χ1) is 13.0. The van der Waals surface area contributed by atoms with Gasteiger partial charge >= 0.3 is 0 Å².